The number of carbonyl (C=O) groups excluding carboxylic acids is 1. The van der Waals surface area contributed by atoms with Gasteiger partial charge in [-0.25, -0.2) is 4.79 Å². The minimum atomic E-state index is 0.0203. The molecule has 1 heterocycles. The lowest BCUT2D eigenvalue weighted by Crippen LogP contribution is -2.52. The number of rotatable bonds is 7. The number of carbonyl (C=O) groups is 1. The molecule has 0 aromatic heterocycles. The number of hydrogen-bond acceptors (Lipinski definition) is 4. The van der Waals surface area contributed by atoms with Crippen LogP contribution in [0.15, 0.2) is 24.3 Å². The normalized spacial score (nSPS) is 15.8. The summed E-state index contributed by atoms with van der Waals surface area (Å²) in [5, 5.41) is 2.98. The molecule has 1 aliphatic heterocycles. The average molecular weight is 363 g/mol. The fraction of sp³-hybridized carbons (Fsp3) is 0.650. The highest BCUT2D eigenvalue weighted by atomic mass is 16.5. The number of nitrogens with zero attached hydrogens (tertiary/aromatic N) is 2. The van der Waals surface area contributed by atoms with Crippen LogP contribution in [-0.4, -0.2) is 68.3 Å². The Morgan fingerprint density at radius 1 is 1.15 bits per heavy atom. The quantitative estimate of drug-likeness (QED) is 0.728. The van der Waals surface area contributed by atoms with Gasteiger partial charge in [0.1, 0.15) is 5.75 Å². The highest BCUT2D eigenvalue weighted by Crippen LogP contribution is 2.24. The van der Waals surface area contributed by atoms with Crippen LogP contribution >= 0.6 is 0 Å². The zero-order valence-corrected chi connectivity index (χ0v) is 16.5. The maximum absolute atomic E-state index is 12.2. The largest absolute Gasteiger partial charge is 0.494 e. The van der Waals surface area contributed by atoms with E-state index in [2.05, 4.69) is 43.1 Å². The molecule has 6 heteroatoms. The zero-order valence-electron chi connectivity index (χ0n) is 16.5. The Hall–Kier alpha value is -1.79. The first-order valence-electron chi connectivity index (χ1n) is 9.58. The van der Waals surface area contributed by atoms with Crippen molar-refractivity contribution in [2.75, 3.05) is 52.4 Å². The summed E-state index contributed by atoms with van der Waals surface area (Å²) in [7, 11) is 0. The third-order valence-corrected chi connectivity index (χ3v) is 4.69. The first-order chi connectivity index (χ1) is 12.4. The number of ether oxygens (including phenoxy) is 1. The van der Waals surface area contributed by atoms with E-state index in [1.807, 2.05) is 17.0 Å². The number of piperazine rings is 1. The Balaban J connectivity index is 1.60. The summed E-state index contributed by atoms with van der Waals surface area (Å²) in [5.41, 5.74) is 7.02. The Labute approximate surface area is 157 Å². The van der Waals surface area contributed by atoms with Crippen LogP contribution in [0.5, 0.6) is 5.75 Å². The van der Waals surface area contributed by atoms with Gasteiger partial charge in [0.25, 0.3) is 0 Å². The van der Waals surface area contributed by atoms with Crippen molar-refractivity contribution in [1.29, 1.82) is 0 Å². The molecule has 26 heavy (non-hydrogen) atoms. The molecule has 1 aromatic carbocycles. The Bertz CT molecular complexity index is 546. The van der Waals surface area contributed by atoms with E-state index in [1.54, 1.807) is 0 Å². The smallest absolute Gasteiger partial charge is 0.317 e. The highest BCUT2D eigenvalue weighted by molar-refractivity contribution is 5.74. The van der Waals surface area contributed by atoms with E-state index in [4.69, 9.17) is 10.5 Å². The van der Waals surface area contributed by atoms with E-state index in [9.17, 15) is 4.79 Å². The molecule has 3 N–H and O–H groups in total. The molecule has 0 aliphatic carbocycles. The van der Waals surface area contributed by atoms with Crippen LogP contribution in [0.2, 0.25) is 0 Å². The topological polar surface area (TPSA) is 70.8 Å². The number of benzene rings is 1. The summed E-state index contributed by atoms with van der Waals surface area (Å²) in [4.78, 5) is 16.3. The van der Waals surface area contributed by atoms with E-state index in [-0.39, 0.29) is 11.4 Å². The Morgan fingerprint density at radius 3 is 2.38 bits per heavy atom. The Morgan fingerprint density at radius 2 is 1.81 bits per heavy atom. The highest BCUT2D eigenvalue weighted by Gasteiger charge is 2.20. The minimum absolute atomic E-state index is 0.0203. The molecule has 0 bridgehead atoms. The standard InChI is InChI=1S/C20H34N4O2/c1-20(2,3)17-5-7-18(8-6-17)26-16-4-10-22-19(25)24-14-12-23(11-9-21)13-15-24/h5-8H,4,9-16,21H2,1-3H3,(H,22,25). The van der Waals surface area contributed by atoms with Crippen molar-refractivity contribution in [2.45, 2.75) is 32.6 Å². The monoisotopic (exact) mass is 362 g/mol. The number of nitrogens with two attached hydrogens (primary N) is 1. The molecule has 6 nitrogen and oxygen atoms in total. The number of hydrogen-bond donors (Lipinski definition) is 2. The van der Waals surface area contributed by atoms with Gasteiger partial charge in [-0.1, -0.05) is 32.9 Å². The van der Waals surface area contributed by atoms with E-state index in [0.717, 1.165) is 44.9 Å². The molecular weight excluding hydrogens is 328 g/mol. The van der Waals surface area contributed by atoms with Crippen LogP contribution in [0.1, 0.15) is 32.8 Å². The van der Waals surface area contributed by atoms with Gasteiger partial charge in [-0.05, 0) is 29.5 Å². The van der Waals surface area contributed by atoms with Crippen molar-refractivity contribution in [2.24, 2.45) is 5.73 Å². The molecule has 1 fully saturated rings. The van der Waals surface area contributed by atoms with E-state index < -0.39 is 0 Å². The van der Waals surface area contributed by atoms with Crippen molar-refractivity contribution in [3.8, 4) is 5.75 Å². The van der Waals surface area contributed by atoms with E-state index >= 15 is 0 Å². The van der Waals surface area contributed by atoms with Crippen molar-refractivity contribution in [3.05, 3.63) is 29.8 Å². The summed E-state index contributed by atoms with van der Waals surface area (Å²) in [5.74, 6) is 0.875. The van der Waals surface area contributed by atoms with Crippen LogP contribution in [0.3, 0.4) is 0 Å². The second-order valence-corrected chi connectivity index (χ2v) is 7.83. The molecule has 0 unspecified atom stereocenters. The molecule has 1 aliphatic rings. The van der Waals surface area contributed by atoms with Gasteiger partial charge < -0.3 is 20.7 Å². The maximum atomic E-state index is 12.2. The van der Waals surface area contributed by atoms with E-state index in [1.165, 1.54) is 5.56 Å². The van der Waals surface area contributed by atoms with Gasteiger partial charge in [0, 0.05) is 45.8 Å². The van der Waals surface area contributed by atoms with Gasteiger partial charge in [0.2, 0.25) is 0 Å². The molecule has 2 amide bonds. The number of amides is 2. The van der Waals surface area contributed by atoms with Crippen LogP contribution < -0.4 is 15.8 Å². The molecular formula is C20H34N4O2. The lowest BCUT2D eigenvalue weighted by molar-refractivity contribution is 0.141. The fourth-order valence-corrected chi connectivity index (χ4v) is 2.98. The lowest BCUT2D eigenvalue weighted by atomic mass is 9.87. The molecule has 0 saturated carbocycles. The average Bonchev–Trinajstić information content (AvgIpc) is 2.62. The number of urea groups is 1. The summed E-state index contributed by atoms with van der Waals surface area (Å²) in [6.07, 6.45) is 0.792. The zero-order chi connectivity index (χ0) is 19.0. The van der Waals surface area contributed by atoms with Crippen molar-refractivity contribution in [3.63, 3.8) is 0 Å². The summed E-state index contributed by atoms with van der Waals surface area (Å²) in [6, 6.07) is 8.27. The van der Waals surface area contributed by atoms with Crippen molar-refractivity contribution >= 4 is 6.03 Å². The predicted molar refractivity (Wildman–Crippen MR) is 106 cm³/mol. The third-order valence-electron chi connectivity index (χ3n) is 4.69. The fourth-order valence-electron chi connectivity index (χ4n) is 2.98. The number of nitrogens with one attached hydrogen (secondary N) is 1. The first kappa shape index (κ1) is 20.5. The second kappa shape index (κ2) is 9.78. The van der Waals surface area contributed by atoms with E-state index in [0.29, 0.717) is 19.7 Å². The predicted octanol–water partition coefficient (Wildman–Crippen LogP) is 2.04. The molecule has 0 spiro atoms. The molecule has 2 rings (SSSR count). The van der Waals surface area contributed by atoms with Gasteiger partial charge >= 0.3 is 6.03 Å². The second-order valence-electron chi connectivity index (χ2n) is 7.83. The lowest BCUT2D eigenvalue weighted by Gasteiger charge is -2.34. The van der Waals surface area contributed by atoms with Crippen LogP contribution in [0, 0.1) is 0 Å². The molecule has 0 atom stereocenters. The molecule has 1 saturated heterocycles. The molecule has 1 aromatic rings. The Kier molecular flexibility index (Phi) is 7.72. The van der Waals surface area contributed by atoms with Gasteiger partial charge in [0.05, 0.1) is 6.61 Å². The maximum Gasteiger partial charge on any atom is 0.317 e. The SMILES string of the molecule is CC(C)(C)c1ccc(OCCCNC(=O)N2CCN(CCN)CC2)cc1. The van der Waals surface area contributed by atoms with Gasteiger partial charge in [-0.3, -0.25) is 4.90 Å². The summed E-state index contributed by atoms with van der Waals surface area (Å²) < 4.78 is 5.76. The molecule has 0 radical (unpaired) electrons. The first-order valence-corrected chi connectivity index (χ1v) is 9.58. The summed E-state index contributed by atoms with van der Waals surface area (Å²) >= 11 is 0. The minimum Gasteiger partial charge on any atom is -0.494 e. The third kappa shape index (κ3) is 6.50. The van der Waals surface area contributed by atoms with Crippen LogP contribution in [0.4, 0.5) is 4.79 Å². The van der Waals surface area contributed by atoms with Gasteiger partial charge in [0.15, 0.2) is 0 Å². The molecule has 146 valence electrons. The van der Waals surface area contributed by atoms with Gasteiger partial charge in [-0.15, -0.1) is 0 Å². The van der Waals surface area contributed by atoms with Crippen molar-refractivity contribution in [1.82, 2.24) is 15.1 Å². The van der Waals surface area contributed by atoms with Crippen LogP contribution in [-0.2, 0) is 5.41 Å². The summed E-state index contributed by atoms with van der Waals surface area (Å²) in [6.45, 7) is 12.7. The van der Waals surface area contributed by atoms with Crippen molar-refractivity contribution < 1.29 is 9.53 Å². The van der Waals surface area contributed by atoms with Crippen LogP contribution in [0.25, 0.3) is 0 Å². The van der Waals surface area contributed by atoms with Gasteiger partial charge in [-0.2, -0.15) is 0 Å².